The Morgan fingerprint density at radius 2 is 1.93 bits per heavy atom. The van der Waals surface area contributed by atoms with Crippen molar-refractivity contribution in [3.63, 3.8) is 0 Å². The van der Waals surface area contributed by atoms with Crippen molar-refractivity contribution in [2.24, 2.45) is 0 Å². The largest absolute Gasteiger partial charge is 0.508 e. The molecule has 0 atom stereocenters. The van der Waals surface area contributed by atoms with Crippen LogP contribution in [0, 0.1) is 0 Å². The van der Waals surface area contributed by atoms with Crippen LogP contribution in [0.3, 0.4) is 0 Å². The molecule has 1 aromatic rings. The van der Waals surface area contributed by atoms with E-state index < -0.39 is 0 Å². The van der Waals surface area contributed by atoms with Gasteiger partial charge in [0, 0.05) is 13.5 Å². The van der Waals surface area contributed by atoms with Crippen LogP contribution in [0.1, 0.15) is 25.3 Å². The molecule has 0 saturated heterocycles. The molecule has 2 N–H and O–H groups in total. The van der Waals surface area contributed by atoms with E-state index in [0.29, 0.717) is 5.75 Å². The summed E-state index contributed by atoms with van der Waals surface area (Å²) >= 11 is 0. The van der Waals surface area contributed by atoms with Gasteiger partial charge in [0.05, 0.1) is 0 Å². The maximum absolute atomic E-state index is 10.6. The molecule has 1 aromatic carbocycles. The molecule has 1 rings (SSSR count). The van der Waals surface area contributed by atoms with Crippen molar-refractivity contribution in [1.82, 2.24) is 5.32 Å². The lowest BCUT2D eigenvalue weighted by molar-refractivity contribution is -0.118. The molecule has 0 aliphatic rings. The molecule has 0 bridgehead atoms. The molecule has 0 radical (unpaired) electrons. The minimum absolute atomic E-state index is 0.0274. The smallest absolute Gasteiger partial charge is 0.216 e. The molecular formula is C12H17NO2. The van der Waals surface area contributed by atoms with Crippen LogP contribution < -0.4 is 5.32 Å². The normalized spacial score (nSPS) is 9.93. The Morgan fingerprint density at radius 3 is 2.53 bits per heavy atom. The first kappa shape index (κ1) is 11.6. The van der Waals surface area contributed by atoms with Gasteiger partial charge in [0.15, 0.2) is 0 Å². The van der Waals surface area contributed by atoms with Crippen molar-refractivity contribution in [2.45, 2.75) is 26.2 Å². The molecule has 0 aliphatic carbocycles. The minimum atomic E-state index is 0.0274. The summed E-state index contributed by atoms with van der Waals surface area (Å²) < 4.78 is 0. The number of benzene rings is 1. The molecule has 15 heavy (non-hydrogen) atoms. The van der Waals surface area contributed by atoms with E-state index in [1.807, 2.05) is 12.1 Å². The third-order valence-corrected chi connectivity index (χ3v) is 2.20. The molecule has 3 heteroatoms. The topological polar surface area (TPSA) is 49.3 Å². The third-order valence-electron chi connectivity index (χ3n) is 2.20. The lowest BCUT2D eigenvalue weighted by atomic mass is 10.1. The fraction of sp³-hybridized carbons (Fsp3) is 0.417. The van der Waals surface area contributed by atoms with Crippen LogP contribution >= 0.6 is 0 Å². The average molecular weight is 207 g/mol. The summed E-state index contributed by atoms with van der Waals surface area (Å²) in [6, 6.07) is 7.24. The zero-order valence-electron chi connectivity index (χ0n) is 8.99. The van der Waals surface area contributed by atoms with E-state index >= 15 is 0 Å². The summed E-state index contributed by atoms with van der Waals surface area (Å²) in [5.41, 5.74) is 1.22. The van der Waals surface area contributed by atoms with Gasteiger partial charge in [-0.1, -0.05) is 12.1 Å². The number of unbranched alkanes of at least 4 members (excludes halogenated alkanes) is 1. The van der Waals surface area contributed by atoms with Crippen LogP contribution in [-0.4, -0.2) is 17.6 Å². The Balaban J connectivity index is 2.15. The van der Waals surface area contributed by atoms with Gasteiger partial charge in [0.1, 0.15) is 5.75 Å². The van der Waals surface area contributed by atoms with Gasteiger partial charge in [-0.25, -0.2) is 0 Å². The highest BCUT2D eigenvalue weighted by atomic mass is 16.3. The Morgan fingerprint density at radius 1 is 1.27 bits per heavy atom. The molecule has 82 valence electrons. The van der Waals surface area contributed by atoms with Crippen molar-refractivity contribution in [2.75, 3.05) is 6.54 Å². The molecule has 0 spiro atoms. The lowest BCUT2D eigenvalue weighted by Crippen LogP contribution is -2.20. The lowest BCUT2D eigenvalue weighted by Gasteiger charge is -2.02. The van der Waals surface area contributed by atoms with Gasteiger partial charge in [-0.05, 0) is 37.0 Å². The van der Waals surface area contributed by atoms with Gasteiger partial charge in [0.2, 0.25) is 5.91 Å². The number of nitrogens with one attached hydrogen (secondary N) is 1. The number of aromatic hydroxyl groups is 1. The minimum Gasteiger partial charge on any atom is -0.508 e. The maximum atomic E-state index is 10.6. The van der Waals surface area contributed by atoms with Gasteiger partial charge in [-0.2, -0.15) is 0 Å². The van der Waals surface area contributed by atoms with Crippen molar-refractivity contribution < 1.29 is 9.90 Å². The zero-order valence-corrected chi connectivity index (χ0v) is 8.99. The number of amides is 1. The van der Waals surface area contributed by atoms with E-state index in [0.717, 1.165) is 25.8 Å². The standard InChI is InChI=1S/C12H17NO2/c1-10(14)13-9-3-2-4-11-5-7-12(15)8-6-11/h5-8,15H,2-4,9H2,1H3,(H,13,14). The summed E-state index contributed by atoms with van der Waals surface area (Å²) in [4.78, 5) is 10.6. The summed E-state index contributed by atoms with van der Waals surface area (Å²) in [6.07, 6.45) is 3.02. The number of hydrogen-bond donors (Lipinski definition) is 2. The monoisotopic (exact) mass is 207 g/mol. The molecule has 3 nitrogen and oxygen atoms in total. The van der Waals surface area contributed by atoms with Crippen molar-refractivity contribution in [3.05, 3.63) is 29.8 Å². The first-order valence-electron chi connectivity index (χ1n) is 5.21. The van der Waals surface area contributed by atoms with E-state index in [1.54, 1.807) is 12.1 Å². The number of aryl methyl sites for hydroxylation is 1. The number of rotatable bonds is 5. The predicted octanol–water partition coefficient (Wildman–Crippen LogP) is 1.85. The highest BCUT2D eigenvalue weighted by molar-refractivity contribution is 5.72. The number of phenolic OH excluding ortho intramolecular Hbond substituents is 1. The first-order chi connectivity index (χ1) is 7.18. The van der Waals surface area contributed by atoms with Crippen LogP contribution in [0.15, 0.2) is 24.3 Å². The molecule has 0 saturated carbocycles. The van der Waals surface area contributed by atoms with Crippen molar-refractivity contribution in [3.8, 4) is 5.75 Å². The molecule has 0 heterocycles. The Kier molecular flexibility index (Phi) is 4.68. The molecule has 0 fully saturated rings. The fourth-order valence-corrected chi connectivity index (χ4v) is 1.38. The first-order valence-corrected chi connectivity index (χ1v) is 5.21. The van der Waals surface area contributed by atoms with Crippen LogP contribution in [0.4, 0.5) is 0 Å². The average Bonchev–Trinajstić information content (AvgIpc) is 2.20. The van der Waals surface area contributed by atoms with Gasteiger partial charge in [0.25, 0.3) is 0 Å². The Bertz CT molecular complexity index is 306. The number of carbonyl (C=O) groups is 1. The molecule has 0 aliphatic heterocycles. The second kappa shape index (κ2) is 6.06. The van der Waals surface area contributed by atoms with E-state index in [9.17, 15) is 4.79 Å². The van der Waals surface area contributed by atoms with Crippen LogP contribution in [0.25, 0.3) is 0 Å². The Hall–Kier alpha value is -1.51. The highest BCUT2D eigenvalue weighted by Gasteiger charge is 1.95. The predicted molar refractivity (Wildman–Crippen MR) is 59.7 cm³/mol. The van der Waals surface area contributed by atoms with Crippen LogP contribution in [0.5, 0.6) is 5.75 Å². The summed E-state index contributed by atoms with van der Waals surface area (Å²) in [5.74, 6) is 0.330. The molecule has 0 unspecified atom stereocenters. The maximum Gasteiger partial charge on any atom is 0.216 e. The molecular weight excluding hydrogens is 190 g/mol. The quantitative estimate of drug-likeness (QED) is 0.724. The van der Waals surface area contributed by atoms with Crippen LogP contribution in [-0.2, 0) is 11.2 Å². The number of hydrogen-bond acceptors (Lipinski definition) is 2. The van der Waals surface area contributed by atoms with Gasteiger partial charge < -0.3 is 10.4 Å². The van der Waals surface area contributed by atoms with Gasteiger partial charge in [-0.15, -0.1) is 0 Å². The van der Waals surface area contributed by atoms with E-state index in [2.05, 4.69) is 5.32 Å². The SMILES string of the molecule is CC(=O)NCCCCc1ccc(O)cc1. The van der Waals surface area contributed by atoms with Crippen molar-refractivity contribution >= 4 is 5.91 Å². The van der Waals surface area contributed by atoms with Gasteiger partial charge in [-0.3, -0.25) is 4.79 Å². The van der Waals surface area contributed by atoms with Crippen molar-refractivity contribution in [1.29, 1.82) is 0 Å². The summed E-state index contributed by atoms with van der Waals surface area (Å²) in [6.45, 7) is 2.27. The Labute approximate surface area is 90.1 Å². The van der Waals surface area contributed by atoms with E-state index in [-0.39, 0.29) is 5.91 Å². The molecule has 0 aromatic heterocycles. The third kappa shape index (κ3) is 5.05. The van der Waals surface area contributed by atoms with E-state index in [1.165, 1.54) is 12.5 Å². The van der Waals surface area contributed by atoms with Crippen LogP contribution in [0.2, 0.25) is 0 Å². The number of phenols is 1. The summed E-state index contributed by atoms with van der Waals surface area (Å²) in [7, 11) is 0. The summed E-state index contributed by atoms with van der Waals surface area (Å²) in [5, 5.41) is 11.8. The fourth-order valence-electron chi connectivity index (χ4n) is 1.38. The zero-order chi connectivity index (χ0) is 11.1. The second-order valence-corrected chi connectivity index (χ2v) is 3.61. The molecule has 1 amide bonds. The second-order valence-electron chi connectivity index (χ2n) is 3.61. The van der Waals surface area contributed by atoms with Gasteiger partial charge >= 0.3 is 0 Å². The number of carbonyl (C=O) groups excluding carboxylic acids is 1. The van der Waals surface area contributed by atoms with E-state index in [4.69, 9.17) is 5.11 Å². The highest BCUT2D eigenvalue weighted by Crippen LogP contribution is 2.11.